The van der Waals surface area contributed by atoms with Gasteiger partial charge < -0.3 is 20.1 Å². The summed E-state index contributed by atoms with van der Waals surface area (Å²) in [5, 5.41) is 5.41. The molecule has 2 N–H and O–H groups in total. The topological polar surface area (TPSA) is 93.7 Å². The van der Waals surface area contributed by atoms with Gasteiger partial charge in [-0.15, -0.1) is 0 Å². The Morgan fingerprint density at radius 3 is 2.00 bits per heavy atom. The van der Waals surface area contributed by atoms with Crippen molar-refractivity contribution in [3.05, 3.63) is 99.7 Å². The minimum Gasteiger partial charge on any atom is -0.497 e. The van der Waals surface area contributed by atoms with E-state index in [9.17, 15) is 14.4 Å². The first-order chi connectivity index (χ1) is 15.9. The molecule has 168 valence electrons. The molecule has 0 saturated heterocycles. The van der Waals surface area contributed by atoms with E-state index in [0.717, 1.165) is 4.47 Å². The lowest BCUT2D eigenvalue weighted by atomic mass is 10.1. The highest BCUT2D eigenvalue weighted by molar-refractivity contribution is 9.10. The van der Waals surface area contributed by atoms with E-state index in [-0.39, 0.29) is 5.70 Å². The van der Waals surface area contributed by atoms with Crippen LogP contribution in [0.4, 0.5) is 5.69 Å². The molecule has 0 aliphatic carbocycles. The normalized spacial score (nSPS) is 10.8. The van der Waals surface area contributed by atoms with Crippen LogP contribution in [-0.2, 0) is 9.53 Å². The third-order valence-corrected chi connectivity index (χ3v) is 5.12. The molecule has 3 aromatic carbocycles. The Morgan fingerprint density at radius 2 is 1.42 bits per heavy atom. The summed E-state index contributed by atoms with van der Waals surface area (Å²) in [6.45, 7) is 0. The molecule has 0 saturated carbocycles. The second-order valence-corrected chi connectivity index (χ2v) is 7.73. The summed E-state index contributed by atoms with van der Waals surface area (Å²) in [7, 11) is 2.86. The lowest BCUT2D eigenvalue weighted by Gasteiger charge is -2.12. The molecule has 33 heavy (non-hydrogen) atoms. The lowest BCUT2D eigenvalue weighted by Crippen LogP contribution is -2.30. The molecule has 3 rings (SSSR count). The minimum atomic E-state index is -0.526. The largest absolute Gasteiger partial charge is 0.497 e. The highest BCUT2D eigenvalue weighted by Crippen LogP contribution is 2.16. The number of nitrogens with one attached hydrogen (secondary N) is 2. The van der Waals surface area contributed by atoms with E-state index in [1.807, 2.05) is 0 Å². The number of esters is 1. The smallest absolute Gasteiger partial charge is 0.337 e. The van der Waals surface area contributed by atoms with E-state index in [0.29, 0.717) is 28.1 Å². The van der Waals surface area contributed by atoms with Gasteiger partial charge in [0, 0.05) is 15.7 Å². The van der Waals surface area contributed by atoms with Crippen LogP contribution in [-0.4, -0.2) is 32.0 Å². The number of rotatable bonds is 7. The van der Waals surface area contributed by atoms with Gasteiger partial charge in [0.25, 0.3) is 11.8 Å². The Kier molecular flexibility index (Phi) is 7.99. The van der Waals surface area contributed by atoms with Crippen molar-refractivity contribution in [3.63, 3.8) is 0 Å². The highest BCUT2D eigenvalue weighted by atomic mass is 79.9. The standard InChI is InChI=1S/C25H21BrN2O5/c1-32-21-13-3-16(4-14-21)15-22(28-23(29)17-5-9-19(26)10-6-17)24(30)27-20-11-7-18(8-12-20)25(31)33-2/h3-15H,1-2H3,(H,27,30)(H,28,29)/b22-15-. The third-order valence-electron chi connectivity index (χ3n) is 4.59. The SMILES string of the molecule is COC(=O)c1ccc(NC(=O)/C(=C/c2ccc(OC)cc2)NC(=O)c2ccc(Br)cc2)cc1. The molecule has 3 aromatic rings. The van der Waals surface area contributed by atoms with Crippen molar-refractivity contribution < 1.29 is 23.9 Å². The van der Waals surface area contributed by atoms with Crippen molar-refractivity contribution in [1.82, 2.24) is 5.32 Å². The van der Waals surface area contributed by atoms with E-state index in [1.165, 1.54) is 19.2 Å². The maximum absolute atomic E-state index is 13.0. The van der Waals surface area contributed by atoms with Gasteiger partial charge in [0.05, 0.1) is 19.8 Å². The number of halogens is 1. The number of hydrogen-bond donors (Lipinski definition) is 2. The summed E-state index contributed by atoms with van der Waals surface area (Å²) in [6.07, 6.45) is 1.56. The van der Waals surface area contributed by atoms with Gasteiger partial charge in [0.15, 0.2) is 0 Å². The lowest BCUT2D eigenvalue weighted by molar-refractivity contribution is -0.113. The van der Waals surface area contributed by atoms with Gasteiger partial charge in [-0.1, -0.05) is 28.1 Å². The van der Waals surface area contributed by atoms with Crippen molar-refractivity contribution in [2.24, 2.45) is 0 Å². The van der Waals surface area contributed by atoms with Crippen molar-refractivity contribution in [3.8, 4) is 5.75 Å². The number of carbonyl (C=O) groups is 3. The summed E-state index contributed by atoms with van der Waals surface area (Å²) in [5.41, 5.74) is 1.94. The van der Waals surface area contributed by atoms with Crippen LogP contribution in [0.5, 0.6) is 5.75 Å². The number of carbonyl (C=O) groups excluding carboxylic acids is 3. The molecule has 8 heteroatoms. The fourth-order valence-electron chi connectivity index (χ4n) is 2.83. The predicted molar refractivity (Wildman–Crippen MR) is 129 cm³/mol. The van der Waals surface area contributed by atoms with E-state index in [1.54, 1.807) is 73.8 Å². The van der Waals surface area contributed by atoms with Crippen LogP contribution >= 0.6 is 15.9 Å². The number of methoxy groups -OCH3 is 2. The van der Waals surface area contributed by atoms with Crippen LogP contribution in [0, 0.1) is 0 Å². The predicted octanol–water partition coefficient (Wildman–Crippen LogP) is 4.65. The number of ether oxygens (including phenoxy) is 2. The molecule has 0 aromatic heterocycles. The van der Waals surface area contributed by atoms with Gasteiger partial charge in [0.1, 0.15) is 11.4 Å². The highest BCUT2D eigenvalue weighted by Gasteiger charge is 2.16. The van der Waals surface area contributed by atoms with Crippen molar-refractivity contribution in [2.75, 3.05) is 19.5 Å². The zero-order chi connectivity index (χ0) is 23.8. The van der Waals surface area contributed by atoms with Gasteiger partial charge in [0.2, 0.25) is 0 Å². The zero-order valence-corrected chi connectivity index (χ0v) is 19.5. The van der Waals surface area contributed by atoms with Crippen LogP contribution in [0.2, 0.25) is 0 Å². The van der Waals surface area contributed by atoms with Gasteiger partial charge in [-0.25, -0.2) is 4.79 Å². The molecular weight excluding hydrogens is 488 g/mol. The fourth-order valence-corrected chi connectivity index (χ4v) is 3.09. The molecule has 0 bridgehead atoms. The summed E-state index contributed by atoms with van der Waals surface area (Å²) < 4.78 is 10.7. The Labute approximate surface area is 199 Å². The molecule has 0 aliphatic rings. The van der Waals surface area contributed by atoms with E-state index >= 15 is 0 Å². The Morgan fingerprint density at radius 1 is 0.818 bits per heavy atom. The summed E-state index contributed by atoms with van der Waals surface area (Å²) in [5.74, 6) is -0.766. The first-order valence-electron chi connectivity index (χ1n) is 9.82. The second-order valence-electron chi connectivity index (χ2n) is 6.82. The van der Waals surface area contributed by atoms with Crippen molar-refractivity contribution in [1.29, 1.82) is 0 Å². The second kappa shape index (κ2) is 11.1. The maximum Gasteiger partial charge on any atom is 0.337 e. The van der Waals surface area contributed by atoms with Crippen LogP contribution in [0.25, 0.3) is 6.08 Å². The molecule has 0 unspecified atom stereocenters. The van der Waals surface area contributed by atoms with Crippen LogP contribution in [0.3, 0.4) is 0 Å². The molecule has 0 spiro atoms. The van der Waals surface area contributed by atoms with Gasteiger partial charge in [-0.2, -0.15) is 0 Å². The summed E-state index contributed by atoms with van der Waals surface area (Å²) in [6, 6.07) is 20.0. The third kappa shape index (κ3) is 6.54. The summed E-state index contributed by atoms with van der Waals surface area (Å²) >= 11 is 3.33. The van der Waals surface area contributed by atoms with Gasteiger partial charge >= 0.3 is 5.97 Å². The molecular formula is C25H21BrN2O5. The molecule has 0 aliphatic heterocycles. The van der Waals surface area contributed by atoms with Gasteiger partial charge in [-0.05, 0) is 72.3 Å². The van der Waals surface area contributed by atoms with E-state index < -0.39 is 17.8 Å². The van der Waals surface area contributed by atoms with Crippen LogP contribution < -0.4 is 15.4 Å². The Hall–Kier alpha value is -3.91. The molecule has 0 heterocycles. The van der Waals surface area contributed by atoms with Crippen molar-refractivity contribution in [2.45, 2.75) is 0 Å². The number of hydrogen-bond acceptors (Lipinski definition) is 5. The van der Waals surface area contributed by atoms with Crippen LogP contribution in [0.15, 0.2) is 83.0 Å². The number of amides is 2. The quantitative estimate of drug-likeness (QED) is 0.357. The molecule has 2 amide bonds. The summed E-state index contributed by atoms with van der Waals surface area (Å²) in [4.78, 5) is 37.4. The first kappa shape index (κ1) is 23.7. The molecule has 7 nitrogen and oxygen atoms in total. The molecule has 0 atom stereocenters. The fraction of sp³-hybridized carbons (Fsp3) is 0.0800. The monoisotopic (exact) mass is 508 g/mol. The van der Waals surface area contributed by atoms with Crippen LogP contribution in [0.1, 0.15) is 26.3 Å². The first-order valence-corrected chi connectivity index (χ1v) is 10.6. The zero-order valence-electron chi connectivity index (χ0n) is 17.9. The number of anilines is 1. The molecule has 0 radical (unpaired) electrons. The number of benzene rings is 3. The van der Waals surface area contributed by atoms with Crippen molar-refractivity contribution >= 4 is 45.5 Å². The van der Waals surface area contributed by atoms with Gasteiger partial charge in [-0.3, -0.25) is 9.59 Å². The van der Waals surface area contributed by atoms with E-state index in [2.05, 4.69) is 31.3 Å². The average molecular weight is 509 g/mol. The minimum absolute atomic E-state index is 0.0464. The molecule has 0 fully saturated rings. The maximum atomic E-state index is 13.0. The Bertz CT molecular complexity index is 1170. The Balaban J connectivity index is 1.85. The average Bonchev–Trinajstić information content (AvgIpc) is 2.84. The van der Waals surface area contributed by atoms with E-state index in [4.69, 9.17) is 4.74 Å².